The van der Waals surface area contributed by atoms with Crippen LogP contribution < -0.4 is 0 Å². The summed E-state index contributed by atoms with van der Waals surface area (Å²) in [6.45, 7) is 1.60. The van der Waals surface area contributed by atoms with Crippen LogP contribution in [0.25, 0.3) is 0 Å². The Labute approximate surface area is 121 Å². The third kappa shape index (κ3) is 4.02. The second-order valence-corrected chi connectivity index (χ2v) is 10.6. The van der Waals surface area contributed by atoms with E-state index in [1.807, 2.05) is 60.7 Å². The zero-order chi connectivity index (χ0) is 13.7. The Morgan fingerprint density at radius 3 is 1.68 bits per heavy atom. The number of benzene rings is 2. The van der Waals surface area contributed by atoms with Crippen LogP contribution in [-0.2, 0) is 12.6 Å². The molecule has 2 aromatic carbocycles. The maximum atomic E-state index is 11.8. The van der Waals surface area contributed by atoms with Crippen LogP contribution in [0.2, 0.25) is 0 Å². The van der Waals surface area contributed by atoms with E-state index in [9.17, 15) is 8.42 Å². The van der Waals surface area contributed by atoms with Crippen molar-refractivity contribution in [2.75, 3.05) is 5.75 Å². The van der Waals surface area contributed by atoms with E-state index in [-0.39, 0.29) is 5.75 Å². The van der Waals surface area contributed by atoms with E-state index in [0.717, 1.165) is 7.14 Å². The molecule has 0 saturated carbocycles. The predicted octanol–water partition coefficient (Wildman–Crippen LogP) is 3.51. The van der Waals surface area contributed by atoms with E-state index in [4.69, 9.17) is 2.51 Å². The molecule has 0 atom stereocenters. The molecule has 0 aliphatic rings. The first-order valence-corrected chi connectivity index (χ1v) is 10.5. The molecule has 0 heterocycles. The topological polar surface area (TPSA) is 43.4 Å². The molecule has 2 rings (SSSR count). The Morgan fingerprint density at radius 2 is 1.32 bits per heavy atom. The van der Waals surface area contributed by atoms with Crippen LogP contribution in [0.15, 0.2) is 60.7 Å². The molecule has 0 N–H and O–H groups in total. The van der Waals surface area contributed by atoms with Crippen LogP contribution in [-0.4, -0.2) is 14.2 Å². The van der Waals surface area contributed by atoms with E-state index >= 15 is 0 Å². The first-order chi connectivity index (χ1) is 9.12. The molecular weight excluding hydrogens is 375 g/mol. The summed E-state index contributed by atoms with van der Waals surface area (Å²) in [5.41, 5.74) is 0. The van der Waals surface area contributed by atoms with Crippen molar-refractivity contribution in [1.82, 2.24) is 0 Å². The Morgan fingerprint density at radius 1 is 0.895 bits per heavy atom. The van der Waals surface area contributed by atoms with Crippen molar-refractivity contribution in [2.24, 2.45) is 0 Å². The summed E-state index contributed by atoms with van der Waals surface area (Å²) >= 11 is -2.38. The van der Waals surface area contributed by atoms with Gasteiger partial charge in [0, 0.05) is 0 Å². The van der Waals surface area contributed by atoms with Gasteiger partial charge in [0.25, 0.3) is 0 Å². The fraction of sp³-hybridized carbons (Fsp3) is 0.143. The molecule has 0 unspecified atom stereocenters. The van der Waals surface area contributed by atoms with Gasteiger partial charge in [0.2, 0.25) is 0 Å². The zero-order valence-electron chi connectivity index (χ0n) is 10.5. The summed E-state index contributed by atoms with van der Waals surface area (Å²) in [6, 6.07) is 19.2. The minimum atomic E-state index is -3.45. The summed E-state index contributed by atoms with van der Waals surface area (Å²) in [6.07, 6.45) is 0. The molecule has 0 aromatic heterocycles. The van der Waals surface area contributed by atoms with Gasteiger partial charge in [-0.3, -0.25) is 0 Å². The summed E-state index contributed by atoms with van der Waals surface area (Å²) < 4.78 is 31.0. The van der Waals surface area contributed by atoms with Gasteiger partial charge in [0.15, 0.2) is 0 Å². The Bertz CT molecular complexity index is 572. The summed E-state index contributed by atoms with van der Waals surface area (Å²) in [7, 11) is -3.45. The molecule has 0 amide bonds. The van der Waals surface area contributed by atoms with E-state index < -0.39 is 30.4 Å². The standard InChI is InChI=1S/C14H15IO3S/c1-2-19(16,17)18-15(13-9-5-3-6-10-13)14-11-7-4-8-12-14/h3-12H,2H2,1H3. The van der Waals surface area contributed by atoms with E-state index in [0.29, 0.717) is 0 Å². The SMILES string of the molecule is CCS(=O)(=O)OI(c1ccccc1)c1ccccc1. The average molecular weight is 390 g/mol. The van der Waals surface area contributed by atoms with Crippen molar-refractivity contribution < 1.29 is 10.9 Å². The molecular formula is C14H15IO3S. The molecule has 0 saturated heterocycles. The van der Waals surface area contributed by atoms with Crippen molar-refractivity contribution in [2.45, 2.75) is 6.92 Å². The van der Waals surface area contributed by atoms with Crippen molar-refractivity contribution in [3.8, 4) is 0 Å². The van der Waals surface area contributed by atoms with E-state index in [1.165, 1.54) is 0 Å². The van der Waals surface area contributed by atoms with E-state index in [2.05, 4.69) is 0 Å². The van der Waals surface area contributed by atoms with Crippen LogP contribution >= 0.6 is 20.2 Å². The number of hydrogen-bond donors (Lipinski definition) is 0. The van der Waals surface area contributed by atoms with Gasteiger partial charge in [-0.05, 0) is 0 Å². The molecule has 102 valence electrons. The van der Waals surface area contributed by atoms with Crippen LogP contribution in [0, 0.1) is 7.14 Å². The van der Waals surface area contributed by atoms with Crippen molar-refractivity contribution in [1.29, 1.82) is 0 Å². The number of rotatable bonds is 5. The zero-order valence-corrected chi connectivity index (χ0v) is 13.5. The number of hydrogen-bond acceptors (Lipinski definition) is 3. The molecule has 0 aliphatic heterocycles. The second-order valence-electron chi connectivity index (χ2n) is 3.75. The number of halogens is 1. The van der Waals surface area contributed by atoms with Crippen LogP contribution in [0.1, 0.15) is 6.92 Å². The van der Waals surface area contributed by atoms with Crippen LogP contribution in [0.4, 0.5) is 0 Å². The van der Waals surface area contributed by atoms with Gasteiger partial charge in [-0.15, -0.1) is 0 Å². The minimum absolute atomic E-state index is 0.000642. The first-order valence-electron chi connectivity index (χ1n) is 5.85. The van der Waals surface area contributed by atoms with Crippen molar-refractivity contribution >= 4 is 30.4 Å². The van der Waals surface area contributed by atoms with Gasteiger partial charge >= 0.3 is 122 Å². The molecule has 2 aromatic rings. The van der Waals surface area contributed by atoms with Gasteiger partial charge in [0.05, 0.1) is 0 Å². The second kappa shape index (κ2) is 6.49. The Kier molecular flexibility index (Phi) is 4.95. The fourth-order valence-electron chi connectivity index (χ4n) is 1.40. The third-order valence-corrected chi connectivity index (χ3v) is 9.82. The summed E-state index contributed by atoms with van der Waals surface area (Å²) in [4.78, 5) is 0. The molecule has 19 heavy (non-hydrogen) atoms. The molecule has 0 bridgehead atoms. The van der Waals surface area contributed by atoms with Gasteiger partial charge < -0.3 is 0 Å². The van der Waals surface area contributed by atoms with E-state index in [1.54, 1.807) is 6.92 Å². The van der Waals surface area contributed by atoms with Crippen molar-refractivity contribution in [3.63, 3.8) is 0 Å². The first kappa shape index (κ1) is 14.5. The average Bonchev–Trinajstić information content (AvgIpc) is 2.47. The normalized spacial score (nSPS) is 12.2. The van der Waals surface area contributed by atoms with Gasteiger partial charge in [-0.25, -0.2) is 0 Å². The van der Waals surface area contributed by atoms with Crippen molar-refractivity contribution in [3.05, 3.63) is 67.8 Å². The van der Waals surface area contributed by atoms with Crippen LogP contribution in [0.5, 0.6) is 0 Å². The van der Waals surface area contributed by atoms with Crippen LogP contribution in [0.3, 0.4) is 0 Å². The Balaban J connectivity index is 2.40. The van der Waals surface area contributed by atoms with Gasteiger partial charge in [-0.2, -0.15) is 0 Å². The fourth-order valence-corrected chi connectivity index (χ4v) is 8.33. The Hall–Kier alpha value is -0.920. The molecule has 3 nitrogen and oxygen atoms in total. The third-order valence-electron chi connectivity index (χ3n) is 2.38. The monoisotopic (exact) mass is 390 g/mol. The molecule has 0 aliphatic carbocycles. The molecule has 0 fully saturated rings. The molecule has 0 radical (unpaired) electrons. The quantitative estimate of drug-likeness (QED) is 0.734. The van der Waals surface area contributed by atoms with Gasteiger partial charge in [0.1, 0.15) is 0 Å². The molecule has 5 heteroatoms. The predicted molar refractivity (Wildman–Crippen MR) is 84.8 cm³/mol. The summed E-state index contributed by atoms with van der Waals surface area (Å²) in [5.74, 6) is 0.000642. The molecule has 0 spiro atoms. The summed E-state index contributed by atoms with van der Waals surface area (Å²) in [5, 5.41) is 0. The maximum absolute atomic E-state index is 11.8. The van der Waals surface area contributed by atoms with Gasteiger partial charge in [-0.1, -0.05) is 0 Å².